The highest BCUT2D eigenvalue weighted by Crippen LogP contribution is 2.65. The summed E-state index contributed by atoms with van der Waals surface area (Å²) in [4.78, 5) is 36.8. The molecule has 0 radical (unpaired) electrons. The second kappa shape index (κ2) is 6.23. The van der Waals surface area contributed by atoms with E-state index in [4.69, 9.17) is 4.42 Å². The van der Waals surface area contributed by atoms with Gasteiger partial charge in [0.05, 0.1) is 28.5 Å². The third-order valence-electron chi connectivity index (χ3n) is 7.18. The zero-order valence-electron chi connectivity index (χ0n) is 16.7. The first-order valence-electron chi connectivity index (χ1n) is 10.4. The van der Waals surface area contributed by atoms with E-state index < -0.39 is 4.92 Å². The van der Waals surface area contributed by atoms with E-state index in [2.05, 4.69) is 17.3 Å². The maximum absolute atomic E-state index is 13.0. The molecule has 0 spiro atoms. The highest BCUT2D eigenvalue weighted by atomic mass is 16.6. The number of nitro groups is 1. The van der Waals surface area contributed by atoms with Gasteiger partial charge in [-0.2, -0.15) is 10.1 Å². The van der Waals surface area contributed by atoms with E-state index in [0.29, 0.717) is 28.9 Å². The number of rotatable bonds is 4. The Morgan fingerprint density at radius 1 is 1.10 bits per heavy atom. The zero-order valence-corrected chi connectivity index (χ0v) is 16.7. The molecule has 1 aromatic carbocycles. The van der Waals surface area contributed by atoms with Crippen LogP contribution in [0.1, 0.15) is 17.7 Å². The molecule has 1 saturated heterocycles. The van der Waals surface area contributed by atoms with E-state index in [1.165, 1.54) is 12.3 Å². The first-order valence-corrected chi connectivity index (χ1v) is 10.4. The smallest absolute Gasteiger partial charge is 0.280 e. The number of carbonyl (C=O) groups excluding carboxylic acids is 2. The molecule has 7 rings (SSSR count). The van der Waals surface area contributed by atoms with Crippen LogP contribution in [0, 0.1) is 52.5 Å². The summed E-state index contributed by atoms with van der Waals surface area (Å²) in [5.41, 5.74) is 1.09. The van der Waals surface area contributed by atoms with Crippen LogP contribution in [0.5, 0.6) is 0 Å². The molecule has 0 N–H and O–H groups in total. The standard InChI is InChI=1S/C23H19N3O5/c1-11-2-4-15(18(8-11)26(29)30)19-7-3-12(31-19)10-24-25-22(27)20-13-5-6-14(17-9-16(13)17)21(20)23(25)28/h2-8,10,13-14,16-17,20-21H,9H2,1H3/t13-,14-,16-,17+,20-,21+/m0/s1. The lowest BCUT2D eigenvalue weighted by Crippen LogP contribution is -2.40. The Morgan fingerprint density at radius 2 is 1.77 bits per heavy atom. The molecule has 3 fully saturated rings. The van der Waals surface area contributed by atoms with Crippen LogP contribution in [0.2, 0.25) is 0 Å². The van der Waals surface area contributed by atoms with Gasteiger partial charge in [-0.15, -0.1) is 0 Å². The Morgan fingerprint density at radius 3 is 2.42 bits per heavy atom. The topological polar surface area (TPSA) is 106 Å². The highest BCUT2D eigenvalue weighted by Gasteiger charge is 2.67. The van der Waals surface area contributed by atoms with Gasteiger partial charge in [-0.1, -0.05) is 18.2 Å². The maximum Gasteiger partial charge on any atom is 0.280 e. The highest BCUT2D eigenvalue weighted by molar-refractivity contribution is 6.06. The minimum Gasteiger partial charge on any atom is -0.455 e. The summed E-state index contributed by atoms with van der Waals surface area (Å²) in [6, 6.07) is 8.13. The van der Waals surface area contributed by atoms with E-state index in [-0.39, 0.29) is 41.2 Å². The Kier molecular flexibility index (Phi) is 3.66. The number of benzene rings is 1. The average Bonchev–Trinajstić information content (AvgIpc) is 3.39. The lowest BCUT2D eigenvalue weighted by atomic mass is 9.63. The molecule has 0 unspecified atom stereocenters. The Hall–Kier alpha value is -3.55. The molecule has 156 valence electrons. The SMILES string of the molecule is Cc1ccc(-c2ccc(C=NN3C(=O)[C@@H]4[C@H]5C=C[C@@H]([C@@H]6C[C@H]56)[C@@H]4C3=O)o2)c([N+](=O)[O-])c1. The molecule has 2 bridgehead atoms. The third-order valence-corrected chi connectivity index (χ3v) is 7.18. The van der Waals surface area contributed by atoms with E-state index >= 15 is 0 Å². The lowest BCUT2D eigenvalue weighted by molar-refractivity contribution is -0.384. The number of nitro benzene ring substituents is 1. The third kappa shape index (κ3) is 2.57. The van der Waals surface area contributed by atoms with Crippen molar-refractivity contribution in [3.05, 3.63) is 63.9 Å². The normalized spacial score (nSPS) is 32.6. The van der Waals surface area contributed by atoms with Crippen LogP contribution in [0.4, 0.5) is 5.69 Å². The van der Waals surface area contributed by atoms with Gasteiger partial charge in [0.1, 0.15) is 11.5 Å². The number of furan rings is 1. The zero-order chi connectivity index (χ0) is 21.4. The van der Waals surface area contributed by atoms with Crippen LogP contribution in [-0.4, -0.2) is 28.0 Å². The van der Waals surface area contributed by atoms with Crippen molar-refractivity contribution in [1.29, 1.82) is 0 Å². The van der Waals surface area contributed by atoms with Crippen molar-refractivity contribution in [3.63, 3.8) is 0 Å². The van der Waals surface area contributed by atoms with E-state index in [9.17, 15) is 19.7 Å². The Balaban J connectivity index is 1.26. The molecule has 2 saturated carbocycles. The number of allylic oxidation sites excluding steroid dienone is 2. The molecular formula is C23H19N3O5. The molecule has 1 aliphatic heterocycles. The summed E-state index contributed by atoms with van der Waals surface area (Å²) < 4.78 is 5.71. The molecular weight excluding hydrogens is 398 g/mol. The van der Waals surface area contributed by atoms with Crippen molar-refractivity contribution in [1.82, 2.24) is 5.01 Å². The number of imide groups is 1. The molecule has 1 aromatic heterocycles. The van der Waals surface area contributed by atoms with Crippen LogP contribution in [0.25, 0.3) is 11.3 Å². The predicted octanol–water partition coefficient (Wildman–Crippen LogP) is 3.55. The summed E-state index contributed by atoms with van der Waals surface area (Å²) in [5, 5.41) is 16.5. The fraction of sp³-hybridized carbons (Fsp3) is 0.348. The molecule has 2 heterocycles. The quantitative estimate of drug-likeness (QED) is 0.249. The summed E-state index contributed by atoms with van der Waals surface area (Å²) in [6.45, 7) is 1.78. The van der Waals surface area contributed by atoms with Crippen molar-refractivity contribution >= 4 is 23.7 Å². The number of nitrogens with zero attached hydrogens (tertiary/aromatic N) is 3. The van der Waals surface area contributed by atoms with E-state index in [0.717, 1.165) is 17.0 Å². The summed E-state index contributed by atoms with van der Waals surface area (Å²) in [7, 11) is 0. The number of hydrogen-bond acceptors (Lipinski definition) is 6. The number of hydrogen-bond donors (Lipinski definition) is 0. The number of amides is 2. The van der Waals surface area contributed by atoms with Gasteiger partial charge < -0.3 is 4.42 Å². The molecule has 4 aliphatic carbocycles. The van der Waals surface area contributed by atoms with Crippen LogP contribution >= 0.6 is 0 Å². The molecule has 6 atom stereocenters. The van der Waals surface area contributed by atoms with Crippen LogP contribution in [0.3, 0.4) is 0 Å². The van der Waals surface area contributed by atoms with Crippen molar-refractivity contribution in [3.8, 4) is 11.3 Å². The largest absolute Gasteiger partial charge is 0.455 e. The van der Waals surface area contributed by atoms with Crippen molar-refractivity contribution in [2.75, 3.05) is 0 Å². The summed E-state index contributed by atoms with van der Waals surface area (Å²) in [5.74, 6) is 0.922. The van der Waals surface area contributed by atoms with Crippen LogP contribution < -0.4 is 0 Å². The lowest BCUT2D eigenvalue weighted by Gasteiger charge is -2.37. The number of hydrazone groups is 1. The summed E-state index contributed by atoms with van der Waals surface area (Å²) >= 11 is 0. The summed E-state index contributed by atoms with van der Waals surface area (Å²) in [6.07, 6.45) is 6.67. The first kappa shape index (κ1) is 18.2. The molecule has 31 heavy (non-hydrogen) atoms. The number of aryl methyl sites for hydroxylation is 1. The fourth-order valence-electron chi connectivity index (χ4n) is 5.74. The van der Waals surface area contributed by atoms with E-state index in [1.807, 2.05) is 0 Å². The van der Waals surface area contributed by atoms with Gasteiger partial charge in [0.25, 0.3) is 17.5 Å². The van der Waals surface area contributed by atoms with Gasteiger partial charge in [-0.05, 0) is 60.8 Å². The van der Waals surface area contributed by atoms with Gasteiger partial charge in [-0.3, -0.25) is 19.7 Å². The average molecular weight is 417 g/mol. The second-order valence-corrected chi connectivity index (χ2v) is 8.87. The molecule has 2 amide bonds. The minimum absolute atomic E-state index is 0.0478. The van der Waals surface area contributed by atoms with Crippen molar-refractivity contribution in [2.24, 2.45) is 40.6 Å². The Labute approximate surface area is 177 Å². The van der Waals surface area contributed by atoms with Gasteiger partial charge >= 0.3 is 0 Å². The van der Waals surface area contributed by atoms with Crippen molar-refractivity contribution in [2.45, 2.75) is 13.3 Å². The molecule has 2 aromatic rings. The second-order valence-electron chi connectivity index (χ2n) is 8.87. The van der Waals surface area contributed by atoms with E-state index in [1.54, 1.807) is 31.2 Å². The fourth-order valence-corrected chi connectivity index (χ4v) is 5.74. The monoisotopic (exact) mass is 417 g/mol. The molecule has 8 nitrogen and oxygen atoms in total. The number of carbonyl (C=O) groups is 2. The van der Waals surface area contributed by atoms with Crippen molar-refractivity contribution < 1.29 is 18.9 Å². The molecule has 5 aliphatic rings. The van der Waals surface area contributed by atoms with Gasteiger partial charge in [0.15, 0.2) is 0 Å². The first-order chi connectivity index (χ1) is 14.9. The predicted molar refractivity (Wildman–Crippen MR) is 110 cm³/mol. The van der Waals surface area contributed by atoms with Gasteiger partial charge in [-0.25, -0.2) is 0 Å². The van der Waals surface area contributed by atoms with Crippen LogP contribution in [0.15, 0.2) is 52.0 Å². The molecule has 8 heteroatoms. The Bertz CT molecular complexity index is 1180. The minimum atomic E-state index is -0.450. The van der Waals surface area contributed by atoms with Crippen LogP contribution in [-0.2, 0) is 9.59 Å². The van der Waals surface area contributed by atoms with Gasteiger partial charge in [0.2, 0.25) is 0 Å². The maximum atomic E-state index is 13.0. The van der Waals surface area contributed by atoms with Gasteiger partial charge in [0, 0.05) is 6.07 Å².